The molecule has 2 atom stereocenters. The van der Waals surface area contributed by atoms with Gasteiger partial charge in [0.2, 0.25) is 0 Å². The lowest BCUT2D eigenvalue weighted by Gasteiger charge is -2.34. The van der Waals surface area contributed by atoms with E-state index in [1.165, 1.54) is 16.7 Å². The molecule has 1 aromatic rings. The highest BCUT2D eigenvalue weighted by molar-refractivity contribution is 6.16. The molecule has 0 radical (unpaired) electrons. The maximum Gasteiger partial charge on any atom is 0.167 e. The van der Waals surface area contributed by atoms with Crippen LogP contribution < -0.4 is 0 Å². The van der Waals surface area contributed by atoms with Crippen LogP contribution in [0, 0.1) is 11.8 Å². The van der Waals surface area contributed by atoms with Crippen molar-refractivity contribution in [3.05, 3.63) is 70.3 Å². The van der Waals surface area contributed by atoms with E-state index in [1.54, 1.807) is 6.07 Å². The van der Waals surface area contributed by atoms with Crippen LogP contribution >= 0.6 is 0 Å². The maximum atomic E-state index is 12.9. The SMILES string of the molecule is CC(C)=CCC/C(C)=C/CCC1=CCC2C(=O)c3ccccc3C(=O)C2C1. The number of rotatable bonds is 6. The summed E-state index contributed by atoms with van der Waals surface area (Å²) in [6.45, 7) is 6.47. The number of ketones is 2. The molecular formula is C25H30O2. The second-order valence-corrected chi connectivity index (χ2v) is 8.20. The standard InChI is InChI=1S/C25H30O2/c1-17(2)8-6-9-18(3)10-7-11-19-14-15-22-23(16-19)25(27)21-13-5-4-12-20(21)24(22)26/h4-5,8,10,12-14,22-23H,6-7,9,11,15-16H2,1-3H3/b18-10+. The van der Waals surface area contributed by atoms with Gasteiger partial charge in [-0.25, -0.2) is 0 Å². The van der Waals surface area contributed by atoms with Crippen LogP contribution in [-0.4, -0.2) is 11.6 Å². The van der Waals surface area contributed by atoms with E-state index in [0.29, 0.717) is 17.5 Å². The van der Waals surface area contributed by atoms with Crippen LogP contribution in [-0.2, 0) is 0 Å². The summed E-state index contributed by atoms with van der Waals surface area (Å²) in [5, 5.41) is 0. The number of Topliss-reactive ketones (excluding diaryl/α,β-unsaturated/α-hetero) is 2. The Morgan fingerprint density at radius 2 is 1.63 bits per heavy atom. The highest BCUT2D eigenvalue weighted by Crippen LogP contribution is 2.40. The van der Waals surface area contributed by atoms with Crippen LogP contribution in [0.1, 0.15) is 80.0 Å². The van der Waals surface area contributed by atoms with Crippen molar-refractivity contribution in [1.29, 1.82) is 0 Å². The first-order valence-electron chi connectivity index (χ1n) is 10.1. The van der Waals surface area contributed by atoms with Crippen LogP contribution in [0.15, 0.2) is 59.2 Å². The molecule has 2 aliphatic rings. The highest BCUT2D eigenvalue weighted by Gasteiger charge is 2.42. The van der Waals surface area contributed by atoms with Gasteiger partial charge in [0.25, 0.3) is 0 Å². The molecule has 0 spiro atoms. The molecule has 0 aliphatic heterocycles. The molecule has 2 aliphatic carbocycles. The van der Waals surface area contributed by atoms with E-state index in [4.69, 9.17) is 0 Å². The quantitative estimate of drug-likeness (QED) is 0.542. The normalized spacial score (nSPS) is 22.0. The van der Waals surface area contributed by atoms with Gasteiger partial charge in [0, 0.05) is 23.0 Å². The summed E-state index contributed by atoms with van der Waals surface area (Å²) in [7, 11) is 0. The molecule has 1 aromatic carbocycles. The Morgan fingerprint density at radius 1 is 0.963 bits per heavy atom. The summed E-state index contributed by atoms with van der Waals surface area (Å²) in [5.74, 6) is 0.00222. The van der Waals surface area contributed by atoms with Crippen molar-refractivity contribution in [2.24, 2.45) is 11.8 Å². The van der Waals surface area contributed by atoms with E-state index in [-0.39, 0.29) is 23.4 Å². The van der Waals surface area contributed by atoms with Crippen LogP contribution in [0.25, 0.3) is 0 Å². The Labute approximate surface area is 163 Å². The zero-order valence-electron chi connectivity index (χ0n) is 16.8. The Balaban J connectivity index is 1.60. The lowest BCUT2D eigenvalue weighted by molar-refractivity contribution is 0.0724. The predicted octanol–water partition coefficient (Wildman–Crippen LogP) is 6.49. The van der Waals surface area contributed by atoms with Crippen LogP contribution in [0.3, 0.4) is 0 Å². The first kappa shape index (κ1) is 19.5. The van der Waals surface area contributed by atoms with Gasteiger partial charge in [-0.2, -0.15) is 0 Å². The van der Waals surface area contributed by atoms with Gasteiger partial charge in [-0.05, 0) is 59.3 Å². The Bertz CT molecular complexity index is 818. The molecule has 0 bridgehead atoms. The van der Waals surface area contributed by atoms with E-state index in [9.17, 15) is 9.59 Å². The minimum absolute atomic E-state index is 0.153. The second kappa shape index (κ2) is 8.65. The fourth-order valence-electron chi connectivity index (χ4n) is 4.24. The molecular weight excluding hydrogens is 332 g/mol. The summed E-state index contributed by atoms with van der Waals surface area (Å²) in [5.41, 5.74) is 5.39. The molecule has 2 nitrogen and oxygen atoms in total. The molecule has 142 valence electrons. The van der Waals surface area contributed by atoms with Crippen LogP contribution in [0.4, 0.5) is 0 Å². The van der Waals surface area contributed by atoms with Gasteiger partial charge in [-0.3, -0.25) is 9.59 Å². The van der Waals surface area contributed by atoms with Gasteiger partial charge in [0.15, 0.2) is 11.6 Å². The molecule has 0 saturated heterocycles. The first-order valence-corrected chi connectivity index (χ1v) is 10.1. The molecule has 2 heteroatoms. The average molecular weight is 363 g/mol. The maximum absolute atomic E-state index is 12.9. The zero-order valence-corrected chi connectivity index (χ0v) is 16.8. The van der Waals surface area contributed by atoms with Crippen molar-refractivity contribution in [2.75, 3.05) is 0 Å². The Kier molecular flexibility index (Phi) is 6.26. The molecule has 0 heterocycles. The zero-order chi connectivity index (χ0) is 19.4. The number of hydrogen-bond donors (Lipinski definition) is 0. The smallest absolute Gasteiger partial charge is 0.167 e. The number of hydrogen-bond acceptors (Lipinski definition) is 2. The largest absolute Gasteiger partial charge is 0.294 e. The summed E-state index contributed by atoms with van der Waals surface area (Å²) in [6, 6.07) is 7.31. The van der Waals surface area contributed by atoms with E-state index < -0.39 is 0 Å². The van der Waals surface area contributed by atoms with Gasteiger partial charge in [0.05, 0.1) is 0 Å². The van der Waals surface area contributed by atoms with E-state index in [0.717, 1.165) is 32.1 Å². The lowest BCUT2D eigenvalue weighted by atomic mass is 9.67. The van der Waals surface area contributed by atoms with Crippen molar-refractivity contribution in [3.63, 3.8) is 0 Å². The minimum atomic E-state index is -0.157. The third-order valence-corrected chi connectivity index (χ3v) is 5.81. The molecule has 2 unspecified atom stereocenters. The van der Waals surface area contributed by atoms with Gasteiger partial charge in [-0.15, -0.1) is 0 Å². The average Bonchev–Trinajstić information content (AvgIpc) is 2.66. The van der Waals surface area contributed by atoms with Crippen LogP contribution in [0.2, 0.25) is 0 Å². The van der Waals surface area contributed by atoms with Crippen molar-refractivity contribution >= 4 is 11.6 Å². The third-order valence-electron chi connectivity index (χ3n) is 5.81. The predicted molar refractivity (Wildman–Crippen MR) is 111 cm³/mol. The van der Waals surface area contributed by atoms with Crippen molar-refractivity contribution in [3.8, 4) is 0 Å². The molecule has 0 N–H and O–H groups in total. The number of carbonyl (C=O) groups excluding carboxylic acids is 2. The van der Waals surface area contributed by atoms with E-state index >= 15 is 0 Å². The third kappa shape index (κ3) is 4.55. The Morgan fingerprint density at radius 3 is 2.30 bits per heavy atom. The molecule has 0 amide bonds. The number of fused-ring (bicyclic) bond motifs is 2. The molecule has 0 aromatic heterocycles. The van der Waals surface area contributed by atoms with E-state index in [1.807, 2.05) is 18.2 Å². The van der Waals surface area contributed by atoms with E-state index in [2.05, 4.69) is 39.0 Å². The first-order chi connectivity index (χ1) is 13.0. The molecule has 0 saturated carbocycles. The molecule has 27 heavy (non-hydrogen) atoms. The lowest BCUT2D eigenvalue weighted by Crippen LogP contribution is -2.38. The minimum Gasteiger partial charge on any atom is -0.294 e. The number of benzene rings is 1. The molecule has 3 rings (SSSR count). The van der Waals surface area contributed by atoms with Crippen LogP contribution in [0.5, 0.6) is 0 Å². The highest BCUT2D eigenvalue weighted by atomic mass is 16.1. The fourth-order valence-corrected chi connectivity index (χ4v) is 4.24. The number of allylic oxidation sites excluding steroid dienone is 6. The molecule has 0 fully saturated rings. The van der Waals surface area contributed by atoms with Gasteiger partial charge in [-0.1, -0.05) is 59.2 Å². The van der Waals surface area contributed by atoms with Crippen molar-refractivity contribution in [1.82, 2.24) is 0 Å². The Hall–Kier alpha value is -2.22. The second-order valence-electron chi connectivity index (χ2n) is 8.20. The van der Waals surface area contributed by atoms with Gasteiger partial charge >= 0.3 is 0 Å². The monoisotopic (exact) mass is 362 g/mol. The van der Waals surface area contributed by atoms with Gasteiger partial charge in [0.1, 0.15) is 0 Å². The topological polar surface area (TPSA) is 34.1 Å². The summed E-state index contributed by atoms with van der Waals surface area (Å²) >= 11 is 0. The summed E-state index contributed by atoms with van der Waals surface area (Å²) in [6.07, 6.45) is 12.5. The fraction of sp³-hybridized carbons (Fsp3) is 0.440. The summed E-state index contributed by atoms with van der Waals surface area (Å²) in [4.78, 5) is 25.7. The number of carbonyl (C=O) groups is 2. The summed E-state index contributed by atoms with van der Waals surface area (Å²) < 4.78 is 0. The van der Waals surface area contributed by atoms with Crippen molar-refractivity contribution < 1.29 is 9.59 Å². The van der Waals surface area contributed by atoms with Crippen molar-refractivity contribution in [2.45, 2.75) is 59.3 Å². The van der Waals surface area contributed by atoms with Gasteiger partial charge < -0.3 is 0 Å².